The van der Waals surface area contributed by atoms with Crippen molar-refractivity contribution in [1.82, 2.24) is 0 Å². The predicted octanol–water partition coefficient (Wildman–Crippen LogP) is 4.30. The maximum Gasteiger partial charge on any atom is 0.266 e. The van der Waals surface area contributed by atoms with E-state index in [9.17, 15) is 14.4 Å². The summed E-state index contributed by atoms with van der Waals surface area (Å²) >= 11 is 6.31. The molecule has 2 heterocycles. The van der Waals surface area contributed by atoms with Crippen molar-refractivity contribution in [1.29, 1.82) is 0 Å². The maximum atomic E-state index is 12.6. The van der Waals surface area contributed by atoms with E-state index in [0.717, 1.165) is 10.7 Å². The minimum atomic E-state index is -0.419. The zero-order chi connectivity index (χ0) is 19.7. The quantitative estimate of drug-likeness (QED) is 0.654. The second kappa shape index (κ2) is 7.32. The number of hydrogen-bond acceptors (Lipinski definition) is 4. The van der Waals surface area contributed by atoms with Crippen LogP contribution in [0.15, 0.2) is 65.3 Å². The van der Waals surface area contributed by atoms with Crippen molar-refractivity contribution < 1.29 is 18.8 Å². The van der Waals surface area contributed by atoms with E-state index < -0.39 is 11.8 Å². The van der Waals surface area contributed by atoms with Gasteiger partial charge in [0.25, 0.3) is 11.8 Å². The third kappa shape index (κ3) is 3.30. The van der Waals surface area contributed by atoms with Gasteiger partial charge in [0.05, 0.1) is 28.1 Å². The molecule has 2 aromatic carbocycles. The van der Waals surface area contributed by atoms with E-state index in [1.54, 1.807) is 54.8 Å². The Morgan fingerprint density at radius 3 is 2.32 bits per heavy atom. The van der Waals surface area contributed by atoms with Gasteiger partial charge in [-0.05, 0) is 42.5 Å². The van der Waals surface area contributed by atoms with Crippen LogP contribution >= 0.6 is 11.6 Å². The Hall–Kier alpha value is -3.38. The number of halogens is 1. The SMILES string of the molecule is O=C(CCc1ccco1)Nc1ccc(N2C(=O)c3ccccc3C2=O)c(Cl)c1. The molecule has 0 fully saturated rings. The van der Waals surface area contributed by atoms with Gasteiger partial charge in [-0.25, -0.2) is 4.90 Å². The molecule has 0 unspecified atom stereocenters. The number of furan rings is 1. The smallest absolute Gasteiger partial charge is 0.266 e. The molecule has 0 saturated heterocycles. The van der Waals surface area contributed by atoms with Gasteiger partial charge < -0.3 is 9.73 Å². The largest absolute Gasteiger partial charge is 0.469 e. The molecule has 6 nitrogen and oxygen atoms in total. The molecule has 1 aliphatic rings. The van der Waals surface area contributed by atoms with E-state index in [0.29, 0.717) is 23.2 Å². The molecular weight excluding hydrogens is 380 g/mol. The molecule has 3 aromatic rings. The fraction of sp³-hybridized carbons (Fsp3) is 0.0952. The van der Waals surface area contributed by atoms with Gasteiger partial charge in [0, 0.05) is 18.5 Å². The van der Waals surface area contributed by atoms with Gasteiger partial charge in [-0.3, -0.25) is 14.4 Å². The maximum absolute atomic E-state index is 12.6. The van der Waals surface area contributed by atoms with Crippen LogP contribution < -0.4 is 10.2 Å². The van der Waals surface area contributed by atoms with E-state index in [1.165, 1.54) is 6.07 Å². The fourth-order valence-corrected chi connectivity index (χ4v) is 3.35. The minimum Gasteiger partial charge on any atom is -0.469 e. The molecule has 3 amide bonds. The van der Waals surface area contributed by atoms with Gasteiger partial charge in [-0.1, -0.05) is 23.7 Å². The Balaban J connectivity index is 1.49. The summed E-state index contributed by atoms with van der Waals surface area (Å²) in [7, 11) is 0. The van der Waals surface area contributed by atoms with Gasteiger partial charge in [0.15, 0.2) is 0 Å². The summed E-state index contributed by atoms with van der Waals surface area (Å²) < 4.78 is 5.20. The monoisotopic (exact) mass is 394 g/mol. The lowest BCUT2D eigenvalue weighted by Gasteiger charge is -2.16. The molecule has 140 valence electrons. The van der Waals surface area contributed by atoms with Crippen LogP contribution in [0, 0.1) is 0 Å². The lowest BCUT2D eigenvalue weighted by Crippen LogP contribution is -2.29. The molecule has 1 aromatic heterocycles. The molecule has 0 spiro atoms. The molecule has 7 heteroatoms. The standard InChI is InChI=1S/C21H15ClN2O4/c22-17-12-13(23-19(25)10-8-14-4-3-11-28-14)7-9-18(17)24-20(26)15-5-1-2-6-16(15)21(24)27/h1-7,9,11-12H,8,10H2,(H,23,25). The number of rotatable bonds is 5. The molecule has 28 heavy (non-hydrogen) atoms. The lowest BCUT2D eigenvalue weighted by molar-refractivity contribution is -0.116. The Labute approximate surface area is 165 Å². The van der Waals surface area contributed by atoms with Crippen molar-refractivity contribution in [3.05, 3.63) is 82.8 Å². The summed E-state index contributed by atoms with van der Waals surface area (Å²) in [6.07, 6.45) is 2.30. The number of fused-ring (bicyclic) bond motifs is 1. The van der Waals surface area contributed by atoms with Crippen LogP contribution in [0.25, 0.3) is 0 Å². The summed E-state index contributed by atoms with van der Waals surface area (Å²) in [4.78, 5) is 38.3. The van der Waals surface area contributed by atoms with Crippen molar-refractivity contribution in [3.63, 3.8) is 0 Å². The second-order valence-electron chi connectivity index (χ2n) is 6.29. The van der Waals surface area contributed by atoms with E-state index in [4.69, 9.17) is 16.0 Å². The van der Waals surface area contributed by atoms with Crippen LogP contribution in [0.2, 0.25) is 5.02 Å². The highest BCUT2D eigenvalue weighted by Crippen LogP contribution is 2.34. The van der Waals surface area contributed by atoms with Crippen molar-refractivity contribution in [2.24, 2.45) is 0 Å². The predicted molar refractivity (Wildman–Crippen MR) is 105 cm³/mol. The summed E-state index contributed by atoms with van der Waals surface area (Å²) in [5.74, 6) is -0.300. The second-order valence-corrected chi connectivity index (χ2v) is 6.69. The highest BCUT2D eigenvalue weighted by atomic mass is 35.5. The number of amides is 3. The van der Waals surface area contributed by atoms with Crippen LogP contribution in [0.3, 0.4) is 0 Å². The molecule has 0 radical (unpaired) electrons. The summed E-state index contributed by atoms with van der Waals surface area (Å²) in [5, 5.41) is 2.94. The topological polar surface area (TPSA) is 79.6 Å². The number of benzene rings is 2. The number of carbonyl (C=O) groups excluding carboxylic acids is 3. The number of hydrogen-bond donors (Lipinski definition) is 1. The highest BCUT2D eigenvalue weighted by molar-refractivity contribution is 6.40. The third-order valence-electron chi connectivity index (χ3n) is 4.44. The van der Waals surface area contributed by atoms with Crippen LogP contribution in [0.5, 0.6) is 0 Å². The summed E-state index contributed by atoms with van der Waals surface area (Å²) in [6.45, 7) is 0. The first kappa shape index (κ1) is 18.0. The molecule has 0 saturated carbocycles. The number of anilines is 2. The number of nitrogens with zero attached hydrogens (tertiary/aromatic N) is 1. The first-order chi connectivity index (χ1) is 13.5. The Morgan fingerprint density at radius 1 is 1.00 bits per heavy atom. The lowest BCUT2D eigenvalue weighted by atomic mass is 10.1. The molecule has 0 bridgehead atoms. The molecule has 0 aliphatic carbocycles. The Morgan fingerprint density at radius 2 is 1.71 bits per heavy atom. The number of imide groups is 1. The van der Waals surface area contributed by atoms with Crippen molar-refractivity contribution in [3.8, 4) is 0 Å². The van der Waals surface area contributed by atoms with Crippen LogP contribution in [-0.2, 0) is 11.2 Å². The number of carbonyl (C=O) groups is 3. The van der Waals surface area contributed by atoms with Gasteiger partial charge >= 0.3 is 0 Å². The summed E-state index contributed by atoms with van der Waals surface area (Å²) in [5.41, 5.74) is 1.45. The first-order valence-corrected chi connectivity index (χ1v) is 9.02. The number of nitrogens with one attached hydrogen (secondary N) is 1. The third-order valence-corrected chi connectivity index (χ3v) is 4.75. The van der Waals surface area contributed by atoms with E-state index >= 15 is 0 Å². The number of aryl methyl sites for hydroxylation is 1. The zero-order valence-electron chi connectivity index (χ0n) is 14.6. The van der Waals surface area contributed by atoms with Gasteiger partial charge in [-0.15, -0.1) is 0 Å². The fourth-order valence-electron chi connectivity index (χ4n) is 3.09. The average molecular weight is 395 g/mol. The van der Waals surface area contributed by atoms with Crippen LogP contribution in [-0.4, -0.2) is 17.7 Å². The van der Waals surface area contributed by atoms with Gasteiger partial charge in [-0.2, -0.15) is 0 Å². The van der Waals surface area contributed by atoms with Gasteiger partial charge in [0.2, 0.25) is 5.91 Å². The molecular formula is C21H15ClN2O4. The normalized spacial score (nSPS) is 13.0. The molecule has 1 aliphatic heterocycles. The summed E-state index contributed by atoms with van der Waals surface area (Å²) in [6, 6.07) is 14.9. The van der Waals surface area contributed by atoms with E-state index in [1.807, 2.05) is 0 Å². The molecule has 4 rings (SSSR count). The van der Waals surface area contributed by atoms with Crippen molar-refractivity contribution >= 4 is 40.7 Å². The van der Waals surface area contributed by atoms with Crippen molar-refractivity contribution in [2.75, 3.05) is 10.2 Å². The highest BCUT2D eigenvalue weighted by Gasteiger charge is 2.37. The molecule has 0 atom stereocenters. The van der Waals surface area contributed by atoms with Crippen LogP contribution in [0.1, 0.15) is 32.9 Å². The first-order valence-electron chi connectivity index (χ1n) is 8.64. The molecule has 1 N–H and O–H groups in total. The van der Waals surface area contributed by atoms with Crippen LogP contribution in [0.4, 0.5) is 11.4 Å². The Bertz CT molecular complexity index is 1040. The minimum absolute atomic E-state index is 0.193. The Kier molecular flexibility index (Phi) is 4.71. The van der Waals surface area contributed by atoms with Crippen molar-refractivity contribution in [2.45, 2.75) is 12.8 Å². The van der Waals surface area contributed by atoms with Gasteiger partial charge in [0.1, 0.15) is 5.76 Å². The zero-order valence-corrected chi connectivity index (χ0v) is 15.4. The van der Waals surface area contributed by atoms with E-state index in [-0.39, 0.29) is 23.0 Å². The van der Waals surface area contributed by atoms with E-state index in [2.05, 4.69) is 5.32 Å². The average Bonchev–Trinajstić information content (AvgIpc) is 3.29.